The molecular formula is C29H40N6O6S. The van der Waals surface area contributed by atoms with Crippen LogP contribution in [0, 0.1) is 0 Å². The number of aryl methyl sites for hydroxylation is 1. The van der Waals surface area contributed by atoms with Crippen molar-refractivity contribution in [2.24, 2.45) is 11.5 Å². The van der Waals surface area contributed by atoms with Crippen LogP contribution in [0.1, 0.15) is 36.5 Å². The Kier molecular flexibility index (Phi) is 14.5. The van der Waals surface area contributed by atoms with Crippen molar-refractivity contribution in [1.29, 1.82) is 0 Å². The number of hydrogen-bond acceptors (Lipinski definition) is 9. The van der Waals surface area contributed by atoms with E-state index >= 15 is 0 Å². The lowest BCUT2D eigenvalue weighted by molar-refractivity contribution is -0.130. The molecule has 2 rings (SSSR count). The van der Waals surface area contributed by atoms with Crippen molar-refractivity contribution in [3.63, 3.8) is 0 Å². The summed E-state index contributed by atoms with van der Waals surface area (Å²) in [6, 6.07) is 11.0. The summed E-state index contributed by atoms with van der Waals surface area (Å²) in [5.74, 6) is -1.41. The van der Waals surface area contributed by atoms with Crippen molar-refractivity contribution in [3.8, 4) is 5.75 Å². The number of amides is 4. The molecule has 0 spiro atoms. The van der Waals surface area contributed by atoms with Crippen LogP contribution in [0.3, 0.4) is 0 Å². The number of hydrazine groups is 1. The number of rotatable bonds is 16. The van der Waals surface area contributed by atoms with E-state index in [1.807, 2.05) is 24.5 Å². The first-order valence-electron chi connectivity index (χ1n) is 13.5. The molecule has 2 aromatic rings. The SMILES string of the molecule is CSCC[C@H](NC(=O)[C@@H](N)Cc1ccc(O)cc1)C(=O)NCC(=O)CCc1ccccc1C[C@H](N)C(=O)NNC(C)=O. The van der Waals surface area contributed by atoms with Crippen LogP contribution in [0.5, 0.6) is 5.75 Å². The Hall–Kier alpha value is -3.94. The fourth-order valence-electron chi connectivity index (χ4n) is 4.01. The Bertz CT molecular complexity index is 1230. The molecule has 0 bridgehead atoms. The van der Waals surface area contributed by atoms with Crippen LogP contribution in [0.25, 0.3) is 0 Å². The summed E-state index contributed by atoms with van der Waals surface area (Å²) in [6.45, 7) is 1.06. The number of ketones is 1. The molecule has 0 saturated carbocycles. The first kappa shape index (κ1) is 34.3. The van der Waals surface area contributed by atoms with Gasteiger partial charge in [0.15, 0.2) is 5.78 Å². The average molecular weight is 601 g/mol. The molecule has 0 aliphatic heterocycles. The summed E-state index contributed by atoms with van der Waals surface area (Å²) in [5, 5.41) is 14.7. The molecule has 0 fully saturated rings. The molecule has 13 heteroatoms. The zero-order chi connectivity index (χ0) is 31.1. The first-order valence-corrected chi connectivity index (χ1v) is 14.9. The van der Waals surface area contributed by atoms with Crippen molar-refractivity contribution in [2.45, 2.75) is 57.2 Å². The number of Topliss-reactive ketones (excluding diaryl/α,β-unsaturated/α-hetero) is 1. The van der Waals surface area contributed by atoms with Crippen LogP contribution in [0.4, 0.5) is 0 Å². The second-order valence-corrected chi connectivity index (χ2v) is 10.8. The van der Waals surface area contributed by atoms with Gasteiger partial charge < -0.3 is 27.2 Å². The third kappa shape index (κ3) is 12.3. The molecule has 0 aliphatic rings. The number of carbonyl (C=O) groups excluding carboxylic acids is 5. The monoisotopic (exact) mass is 600 g/mol. The molecule has 9 N–H and O–H groups in total. The summed E-state index contributed by atoms with van der Waals surface area (Å²) < 4.78 is 0. The van der Waals surface area contributed by atoms with Gasteiger partial charge in [-0.15, -0.1) is 0 Å². The van der Waals surface area contributed by atoms with Gasteiger partial charge in [0, 0.05) is 13.3 Å². The van der Waals surface area contributed by atoms with Crippen molar-refractivity contribution in [2.75, 3.05) is 18.6 Å². The van der Waals surface area contributed by atoms with E-state index < -0.39 is 41.8 Å². The van der Waals surface area contributed by atoms with Gasteiger partial charge in [0.2, 0.25) is 17.7 Å². The largest absolute Gasteiger partial charge is 0.508 e. The van der Waals surface area contributed by atoms with E-state index in [2.05, 4.69) is 21.5 Å². The number of phenolic OH excluding ortho intramolecular Hbond substituents is 1. The summed E-state index contributed by atoms with van der Waals surface area (Å²) in [4.78, 5) is 61.3. The number of nitrogens with two attached hydrogens (primary N) is 2. The van der Waals surface area contributed by atoms with E-state index in [0.717, 1.165) is 16.7 Å². The van der Waals surface area contributed by atoms with Crippen LogP contribution in [0.15, 0.2) is 48.5 Å². The van der Waals surface area contributed by atoms with E-state index in [1.54, 1.807) is 18.2 Å². The standard InChI is InChI=1S/C29H40N6O6S/c1-18(36)34-35-28(40)25(31)16-21-6-4-3-5-20(21)9-12-23(38)17-32-29(41)26(13-14-42-2)33-27(39)24(30)15-19-7-10-22(37)11-8-19/h3-8,10-11,24-26,37H,9,12-17,30-31H2,1-2H3,(H,32,41)(H,33,39)(H,34,36)(H,35,40)/t24-,25-,26-/m0/s1. The Morgan fingerprint density at radius 1 is 0.857 bits per heavy atom. The normalized spacial score (nSPS) is 12.9. The lowest BCUT2D eigenvalue weighted by atomic mass is 9.96. The summed E-state index contributed by atoms with van der Waals surface area (Å²) in [7, 11) is 0. The summed E-state index contributed by atoms with van der Waals surface area (Å²) >= 11 is 1.52. The number of hydrogen-bond donors (Lipinski definition) is 7. The van der Waals surface area contributed by atoms with Gasteiger partial charge >= 0.3 is 0 Å². The fourth-order valence-corrected chi connectivity index (χ4v) is 4.48. The Morgan fingerprint density at radius 3 is 2.14 bits per heavy atom. The molecular weight excluding hydrogens is 560 g/mol. The number of benzene rings is 2. The van der Waals surface area contributed by atoms with Gasteiger partial charge in [0.25, 0.3) is 5.91 Å². The maximum Gasteiger partial charge on any atom is 0.255 e. The Labute approximate surface area is 249 Å². The summed E-state index contributed by atoms with van der Waals surface area (Å²) in [6.07, 6.45) is 3.21. The van der Waals surface area contributed by atoms with Crippen LogP contribution in [-0.4, -0.2) is 71.2 Å². The quantitative estimate of drug-likeness (QED) is 0.128. The van der Waals surface area contributed by atoms with Gasteiger partial charge in [-0.05, 0) is 66.5 Å². The van der Waals surface area contributed by atoms with Gasteiger partial charge in [-0.25, -0.2) is 0 Å². The topological polar surface area (TPSA) is 206 Å². The Morgan fingerprint density at radius 2 is 1.50 bits per heavy atom. The fraction of sp³-hybridized carbons (Fsp3) is 0.414. The van der Waals surface area contributed by atoms with Crippen LogP contribution in [0.2, 0.25) is 0 Å². The van der Waals surface area contributed by atoms with Crippen molar-refractivity contribution < 1.29 is 29.1 Å². The minimum atomic E-state index is -0.907. The van der Waals surface area contributed by atoms with E-state index in [-0.39, 0.29) is 37.3 Å². The van der Waals surface area contributed by atoms with Gasteiger partial charge in [-0.3, -0.25) is 34.8 Å². The third-order valence-electron chi connectivity index (χ3n) is 6.36. The minimum Gasteiger partial charge on any atom is -0.508 e. The van der Waals surface area contributed by atoms with E-state index in [4.69, 9.17) is 11.5 Å². The number of carbonyl (C=O) groups is 5. The van der Waals surface area contributed by atoms with Crippen molar-refractivity contribution >= 4 is 41.2 Å². The summed E-state index contributed by atoms with van der Waals surface area (Å²) in [5.41, 5.74) is 18.9. The van der Waals surface area contributed by atoms with E-state index in [0.29, 0.717) is 18.6 Å². The van der Waals surface area contributed by atoms with Gasteiger partial charge in [0.1, 0.15) is 11.8 Å². The number of phenols is 1. The van der Waals surface area contributed by atoms with Gasteiger partial charge in [0.05, 0.1) is 18.6 Å². The Balaban J connectivity index is 1.88. The number of aromatic hydroxyl groups is 1. The van der Waals surface area contributed by atoms with Crippen molar-refractivity contribution in [3.05, 3.63) is 65.2 Å². The predicted octanol–water partition coefficient (Wildman–Crippen LogP) is -0.145. The van der Waals surface area contributed by atoms with Crippen LogP contribution < -0.4 is 33.0 Å². The minimum absolute atomic E-state index is 0.109. The molecule has 3 atom stereocenters. The molecule has 12 nitrogen and oxygen atoms in total. The molecule has 0 aliphatic carbocycles. The molecule has 2 aromatic carbocycles. The van der Waals surface area contributed by atoms with Crippen LogP contribution >= 0.6 is 11.8 Å². The third-order valence-corrected chi connectivity index (χ3v) is 7.01. The predicted molar refractivity (Wildman–Crippen MR) is 161 cm³/mol. The van der Waals surface area contributed by atoms with Crippen LogP contribution in [-0.2, 0) is 43.2 Å². The molecule has 0 heterocycles. The lowest BCUT2D eigenvalue weighted by Gasteiger charge is -2.20. The molecule has 0 unspecified atom stereocenters. The zero-order valence-electron chi connectivity index (χ0n) is 23.9. The second kappa shape index (κ2) is 17.8. The maximum absolute atomic E-state index is 12.9. The van der Waals surface area contributed by atoms with E-state index in [9.17, 15) is 29.1 Å². The molecule has 0 aromatic heterocycles. The first-order chi connectivity index (χ1) is 20.0. The lowest BCUT2D eigenvalue weighted by Crippen LogP contribution is -2.52. The molecule has 0 saturated heterocycles. The smallest absolute Gasteiger partial charge is 0.255 e. The highest BCUT2D eigenvalue weighted by Gasteiger charge is 2.24. The second-order valence-electron chi connectivity index (χ2n) is 9.83. The molecule has 228 valence electrons. The molecule has 0 radical (unpaired) electrons. The highest BCUT2D eigenvalue weighted by Crippen LogP contribution is 2.14. The number of thioether (sulfide) groups is 1. The average Bonchev–Trinajstić information content (AvgIpc) is 2.97. The maximum atomic E-state index is 12.9. The highest BCUT2D eigenvalue weighted by atomic mass is 32.2. The van der Waals surface area contributed by atoms with Gasteiger partial charge in [-0.1, -0.05) is 36.4 Å². The highest BCUT2D eigenvalue weighted by molar-refractivity contribution is 7.98. The van der Waals surface area contributed by atoms with Gasteiger partial charge in [-0.2, -0.15) is 11.8 Å². The molecule has 42 heavy (non-hydrogen) atoms. The van der Waals surface area contributed by atoms with Crippen molar-refractivity contribution in [1.82, 2.24) is 21.5 Å². The zero-order valence-corrected chi connectivity index (χ0v) is 24.7. The van der Waals surface area contributed by atoms with E-state index in [1.165, 1.54) is 30.8 Å². The number of nitrogens with one attached hydrogen (secondary N) is 4. The molecule has 4 amide bonds.